The van der Waals surface area contributed by atoms with E-state index < -0.39 is 23.2 Å². The summed E-state index contributed by atoms with van der Waals surface area (Å²) in [7, 11) is 0. The van der Waals surface area contributed by atoms with E-state index in [1.54, 1.807) is 13.8 Å². The Morgan fingerprint density at radius 3 is 2.36 bits per heavy atom. The summed E-state index contributed by atoms with van der Waals surface area (Å²) in [6.07, 6.45) is 4.33. The fraction of sp³-hybridized carbons (Fsp3) is 0.550. The van der Waals surface area contributed by atoms with Crippen molar-refractivity contribution in [1.29, 1.82) is 0 Å². The molecular formula is C20H24NO4-. The molecule has 134 valence electrons. The Morgan fingerprint density at radius 2 is 1.76 bits per heavy atom. The van der Waals surface area contributed by atoms with Gasteiger partial charge in [0.2, 0.25) is 0 Å². The molecule has 2 saturated carbocycles. The van der Waals surface area contributed by atoms with Crippen LogP contribution in [0.5, 0.6) is 0 Å². The molecule has 0 amide bonds. The average Bonchev–Trinajstić information content (AvgIpc) is 3.21. The summed E-state index contributed by atoms with van der Waals surface area (Å²) in [5.41, 5.74) is 0.695. The minimum atomic E-state index is -1.20. The average molecular weight is 342 g/mol. The summed E-state index contributed by atoms with van der Waals surface area (Å²) in [5, 5.41) is 16.2. The highest BCUT2D eigenvalue weighted by atomic mass is 16.8. The molecule has 1 aromatic rings. The smallest absolute Gasteiger partial charge is 0.339 e. The van der Waals surface area contributed by atoms with Crippen LogP contribution in [0.15, 0.2) is 41.9 Å². The molecule has 0 saturated heterocycles. The van der Waals surface area contributed by atoms with Crippen LogP contribution in [0.2, 0.25) is 0 Å². The highest BCUT2D eigenvalue weighted by Crippen LogP contribution is 2.63. The van der Waals surface area contributed by atoms with E-state index in [0.717, 1.165) is 31.2 Å². The van der Waals surface area contributed by atoms with Crippen molar-refractivity contribution in [3.63, 3.8) is 0 Å². The van der Waals surface area contributed by atoms with Gasteiger partial charge in [-0.3, -0.25) is 0 Å². The van der Waals surface area contributed by atoms with Crippen LogP contribution >= 0.6 is 0 Å². The summed E-state index contributed by atoms with van der Waals surface area (Å²) < 4.78 is 10.8. The van der Waals surface area contributed by atoms with Crippen molar-refractivity contribution in [3.05, 3.63) is 47.4 Å². The van der Waals surface area contributed by atoms with Crippen LogP contribution in [0.1, 0.15) is 45.1 Å². The van der Waals surface area contributed by atoms with Crippen molar-refractivity contribution in [3.8, 4) is 0 Å². The second kappa shape index (κ2) is 5.77. The van der Waals surface area contributed by atoms with Crippen LogP contribution in [0.3, 0.4) is 0 Å². The lowest BCUT2D eigenvalue weighted by molar-refractivity contribution is -0.394. The van der Waals surface area contributed by atoms with Gasteiger partial charge in [-0.15, -0.1) is 0 Å². The lowest BCUT2D eigenvalue weighted by atomic mass is 9.99. The molecule has 5 heteroatoms. The van der Waals surface area contributed by atoms with Gasteiger partial charge in [-0.1, -0.05) is 43.2 Å². The maximum atomic E-state index is 12.7. The predicted molar refractivity (Wildman–Crippen MR) is 89.7 cm³/mol. The van der Waals surface area contributed by atoms with E-state index in [2.05, 4.69) is 5.32 Å². The third-order valence-corrected chi connectivity index (χ3v) is 5.75. The maximum Gasteiger partial charge on any atom is 0.339 e. The Hall–Kier alpha value is -2.01. The zero-order valence-electron chi connectivity index (χ0n) is 14.7. The fourth-order valence-corrected chi connectivity index (χ4v) is 4.68. The van der Waals surface area contributed by atoms with Gasteiger partial charge in [0.1, 0.15) is 0 Å². The molecule has 2 aliphatic carbocycles. The first-order valence-electron chi connectivity index (χ1n) is 9.07. The molecule has 2 fully saturated rings. The highest BCUT2D eigenvalue weighted by molar-refractivity contribution is 5.93. The molecule has 0 aromatic heterocycles. The molecule has 1 aromatic carbocycles. The number of hydrogen-bond donors (Lipinski definition) is 1. The number of nitrogens with one attached hydrogen (secondary N) is 1. The van der Waals surface area contributed by atoms with E-state index in [0.29, 0.717) is 18.4 Å². The van der Waals surface area contributed by atoms with Crippen molar-refractivity contribution in [2.24, 2.45) is 11.8 Å². The minimum Gasteiger partial charge on any atom is -0.575 e. The highest BCUT2D eigenvalue weighted by Gasteiger charge is 2.68. The number of hydrogen-bond acceptors (Lipinski definition) is 5. The van der Waals surface area contributed by atoms with Gasteiger partial charge in [0.15, 0.2) is 5.79 Å². The third-order valence-electron chi connectivity index (χ3n) is 5.75. The Labute approximate surface area is 148 Å². The molecule has 1 unspecified atom stereocenters. The second-order valence-electron chi connectivity index (χ2n) is 7.76. The summed E-state index contributed by atoms with van der Waals surface area (Å²) in [6, 6.07) is 10.0. The van der Waals surface area contributed by atoms with Gasteiger partial charge < -0.3 is 19.9 Å². The van der Waals surface area contributed by atoms with Crippen LogP contribution in [0.25, 0.3) is 0 Å². The van der Waals surface area contributed by atoms with E-state index in [-0.39, 0.29) is 5.57 Å². The number of rotatable bonds is 4. The van der Waals surface area contributed by atoms with Crippen LogP contribution in [0, 0.1) is 11.8 Å². The maximum absolute atomic E-state index is 12.7. The molecule has 0 bridgehead atoms. The third kappa shape index (κ3) is 2.71. The topological polar surface area (TPSA) is 70.6 Å². The normalized spacial score (nSPS) is 33.3. The van der Waals surface area contributed by atoms with E-state index >= 15 is 0 Å². The number of carbonyl (C=O) groups is 1. The molecular weight excluding hydrogens is 318 g/mol. The SMILES string of the molecule is CC1(C)OC(=O)C(C2(NCc3ccccc3)[C@@H]3CCCC[C@@H]32)=C([O-])O1. The molecule has 0 radical (unpaired) electrons. The van der Waals surface area contributed by atoms with Gasteiger partial charge in [-0.2, -0.15) is 0 Å². The van der Waals surface area contributed by atoms with Crippen molar-refractivity contribution in [2.45, 2.75) is 57.4 Å². The predicted octanol–water partition coefficient (Wildman–Crippen LogP) is 2.22. The van der Waals surface area contributed by atoms with E-state index in [9.17, 15) is 9.90 Å². The molecule has 3 atom stereocenters. The molecule has 5 nitrogen and oxygen atoms in total. The molecule has 1 aliphatic heterocycles. The first-order valence-corrected chi connectivity index (χ1v) is 9.07. The van der Waals surface area contributed by atoms with Crippen molar-refractivity contribution < 1.29 is 19.4 Å². The van der Waals surface area contributed by atoms with Gasteiger partial charge in [0.25, 0.3) is 0 Å². The van der Waals surface area contributed by atoms with Gasteiger partial charge in [-0.05, 0) is 44.1 Å². The van der Waals surface area contributed by atoms with Gasteiger partial charge in [-0.25, -0.2) is 4.79 Å². The Bertz CT molecular complexity index is 698. The van der Waals surface area contributed by atoms with Crippen LogP contribution in [-0.2, 0) is 20.8 Å². The Morgan fingerprint density at radius 1 is 1.12 bits per heavy atom. The number of esters is 1. The monoisotopic (exact) mass is 342 g/mol. The van der Waals surface area contributed by atoms with E-state index in [1.807, 2.05) is 30.3 Å². The summed E-state index contributed by atoms with van der Waals surface area (Å²) in [6.45, 7) is 3.79. The second-order valence-corrected chi connectivity index (χ2v) is 7.76. The summed E-state index contributed by atoms with van der Waals surface area (Å²) >= 11 is 0. The van der Waals surface area contributed by atoms with Crippen LogP contribution in [-0.4, -0.2) is 17.3 Å². The van der Waals surface area contributed by atoms with Crippen molar-refractivity contribution >= 4 is 5.97 Å². The first kappa shape index (κ1) is 16.5. The minimum absolute atomic E-state index is 0.166. The Balaban J connectivity index is 1.67. The lowest BCUT2D eigenvalue weighted by Crippen LogP contribution is -2.48. The van der Waals surface area contributed by atoms with Gasteiger partial charge >= 0.3 is 5.97 Å². The lowest BCUT2D eigenvalue weighted by Gasteiger charge is -2.41. The molecule has 4 rings (SSSR count). The zero-order chi connectivity index (χ0) is 17.7. The summed E-state index contributed by atoms with van der Waals surface area (Å²) in [4.78, 5) is 12.7. The standard InChI is InChI=1S/C20H25NO4/c1-19(2)24-17(22)16(18(23)25-19)20(14-10-6-7-11-15(14)20)21-12-13-8-4-3-5-9-13/h3-5,8-9,14-15,21-22H,6-7,10-12H2,1-2H3/p-1/t14-,15+,20?. The molecule has 25 heavy (non-hydrogen) atoms. The van der Waals surface area contributed by atoms with Crippen molar-refractivity contribution in [1.82, 2.24) is 5.32 Å². The number of benzene rings is 1. The number of fused-ring (bicyclic) bond motifs is 1. The molecule has 3 aliphatic rings. The van der Waals surface area contributed by atoms with Gasteiger partial charge in [0, 0.05) is 6.54 Å². The Kier molecular flexibility index (Phi) is 3.80. The fourth-order valence-electron chi connectivity index (χ4n) is 4.68. The molecule has 1 heterocycles. The molecule has 1 N–H and O–H groups in total. The first-order chi connectivity index (χ1) is 11.9. The van der Waals surface area contributed by atoms with Crippen LogP contribution in [0.4, 0.5) is 0 Å². The number of cyclic esters (lactones) is 1. The number of carbonyl (C=O) groups excluding carboxylic acids is 1. The molecule has 0 spiro atoms. The van der Waals surface area contributed by atoms with E-state index in [4.69, 9.17) is 9.47 Å². The van der Waals surface area contributed by atoms with Gasteiger partial charge in [0.05, 0.1) is 17.1 Å². The quantitative estimate of drug-likeness (QED) is 0.850. The van der Waals surface area contributed by atoms with Crippen molar-refractivity contribution in [2.75, 3.05) is 0 Å². The largest absolute Gasteiger partial charge is 0.575 e. The summed E-state index contributed by atoms with van der Waals surface area (Å²) in [5.74, 6) is -1.65. The van der Waals surface area contributed by atoms with E-state index in [1.165, 1.54) is 0 Å². The van der Waals surface area contributed by atoms with Crippen LogP contribution < -0.4 is 10.4 Å². The zero-order valence-corrected chi connectivity index (χ0v) is 14.7. The number of ether oxygens (including phenoxy) is 2.